The molecule has 0 aromatic heterocycles. The van der Waals surface area contributed by atoms with Crippen LogP contribution in [0.5, 0.6) is 0 Å². The van der Waals surface area contributed by atoms with Crippen LogP contribution in [0.15, 0.2) is 0 Å². The van der Waals surface area contributed by atoms with Crippen molar-refractivity contribution in [2.24, 2.45) is 5.41 Å². The fraction of sp³-hybridized carbons (Fsp3) is 1.00. The summed E-state index contributed by atoms with van der Waals surface area (Å²) in [6.45, 7) is 0.705. The highest BCUT2D eigenvalue weighted by molar-refractivity contribution is 5.15. The second-order valence-electron chi connectivity index (χ2n) is 8.11. The van der Waals surface area contributed by atoms with E-state index in [1.807, 2.05) is 0 Å². The lowest BCUT2D eigenvalue weighted by molar-refractivity contribution is -0.461. The average molecular weight is 562 g/mol. The summed E-state index contributed by atoms with van der Waals surface area (Å²) in [5.41, 5.74) is -0.614. The van der Waals surface area contributed by atoms with Crippen molar-refractivity contribution in [2.45, 2.75) is 67.4 Å². The molecule has 0 bridgehead atoms. The van der Waals surface area contributed by atoms with E-state index in [4.69, 9.17) is 9.47 Å². The summed E-state index contributed by atoms with van der Waals surface area (Å²) in [4.78, 5) is 0. The Morgan fingerprint density at radius 3 is 1.31 bits per heavy atom. The SMILES string of the molecule is CC1(COCCCC(F)(F)C(F)(F)C(F)(F)C(F)(F)C(F)(F)C(F)(F)C(F)(F)C(F)(F)F)COC1. The van der Waals surface area contributed by atoms with Gasteiger partial charge in [-0.05, 0) is 6.42 Å². The molecule has 0 aromatic rings. The van der Waals surface area contributed by atoms with Crippen molar-refractivity contribution in [3.8, 4) is 0 Å². The quantitative estimate of drug-likeness (QED) is 0.192. The first-order valence-corrected chi connectivity index (χ1v) is 9.03. The smallest absolute Gasteiger partial charge is 0.381 e. The maximum absolute atomic E-state index is 13.7. The zero-order valence-electron chi connectivity index (χ0n) is 17.0. The van der Waals surface area contributed by atoms with Gasteiger partial charge in [-0.2, -0.15) is 74.6 Å². The second-order valence-corrected chi connectivity index (χ2v) is 8.11. The molecule has 1 aliphatic rings. The van der Waals surface area contributed by atoms with Gasteiger partial charge in [0.2, 0.25) is 0 Å². The van der Waals surface area contributed by atoms with Gasteiger partial charge in [-0.25, -0.2) is 0 Å². The monoisotopic (exact) mass is 562 g/mol. The van der Waals surface area contributed by atoms with Crippen LogP contribution in [0.2, 0.25) is 0 Å². The van der Waals surface area contributed by atoms with E-state index in [-0.39, 0.29) is 19.8 Å². The van der Waals surface area contributed by atoms with Crippen molar-refractivity contribution in [3.05, 3.63) is 0 Å². The van der Waals surface area contributed by atoms with Crippen LogP contribution in [0.1, 0.15) is 19.8 Å². The van der Waals surface area contributed by atoms with E-state index in [0.717, 1.165) is 0 Å². The molecule has 1 saturated heterocycles. The molecular weight excluding hydrogens is 547 g/mol. The number of hydrogen-bond donors (Lipinski definition) is 0. The van der Waals surface area contributed by atoms with Gasteiger partial charge in [0.1, 0.15) is 0 Å². The van der Waals surface area contributed by atoms with Gasteiger partial charge < -0.3 is 9.47 Å². The third-order valence-corrected chi connectivity index (χ3v) is 4.92. The molecule has 35 heavy (non-hydrogen) atoms. The Morgan fingerprint density at radius 1 is 0.600 bits per heavy atom. The van der Waals surface area contributed by atoms with Crippen LogP contribution in [-0.2, 0) is 9.47 Å². The molecule has 1 heterocycles. The number of hydrogen-bond acceptors (Lipinski definition) is 2. The van der Waals surface area contributed by atoms with E-state index in [1.54, 1.807) is 6.92 Å². The van der Waals surface area contributed by atoms with Gasteiger partial charge >= 0.3 is 47.6 Å². The largest absolute Gasteiger partial charge is 0.460 e. The summed E-state index contributed by atoms with van der Waals surface area (Å²) in [6.07, 6.45) is -11.6. The third-order valence-electron chi connectivity index (χ3n) is 4.92. The molecule has 1 aliphatic heterocycles. The minimum absolute atomic E-state index is 0.134. The Balaban J connectivity index is 3.17. The molecule has 0 spiro atoms. The molecule has 0 aliphatic carbocycles. The maximum Gasteiger partial charge on any atom is 0.460 e. The molecule has 2 nitrogen and oxygen atoms in total. The molecule has 0 radical (unpaired) electrons. The second kappa shape index (κ2) is 8.93. The fourth-order valence-corrected chi connectivity index (χ4v) is 2.60. The normalized spacial score (nSPS) is 19.0. The van der Waals surface area contributed by atoms with Crippen LogP contribution < -0.4 is 0 Å². The Labute approximate surface area is 184 Å². The molecule has 1 rings (SSSR count). The van der Waals surface area contributed by atoms with E-state index in [0.29, 0.717) is 0 Å². The highest BCUT2D eigenvalue weighted by Gasteiger charge is 2.95. The fourth-order valence-electron chi connectivity index (χ4n) is 2.60. The minimum atomic E-state index is -8.61. The predicted octanol–water partition coefficient (Wildman–Crippen LogP) is 6.83. The van der Waals surface area contributed by atoms with Gasteiger partial charge in [0, 0.05) is 18.4 Å². The van der Waals surface area contributed by atoms with E-state index in [2.05, 4.69) is 0 Å². The first-order chi connectivity index (χ1) is 15.2. The molecule has 1 fully saturated rings. The van der Waals surface area contributed by atoms with Crippen molar-refractivity contribution >= 4 is 0 Å². The summed E-state index contributed by atoms with van der Waals surface area (Å²) in [7, 11) is 0. The lowest BCUT2D eigenvalue weighted by atomic mass is 9.88. The van der Waals surface area contributed by atoms with Crippen LogP contribution in [0.3, 0.4) is 0 Å². The van der Waals surface area contributed by atoms with Gasteiger partial charge in [0.05, 0.1) is 19.8 Å². The van der Waals surface area contributed by atoms with E-state index in [9.17, 15) is 74.6 Å². The number of ether oxygens (including phenoxy) is 2. The molecule has 0 aromatic carbocycles. The first-order valence-electron chi connectivity index (χ1n) is 9.03. The van der Waals surface area contributed by atoms with Crippen LogP contribution >= 0.6 is 0 Å². The van der Waals surface area contributed by atoms with E-state index < -0.39 is 72.5 Å². The standard InChI is InChI=1S/C16H15F17O2/c1-8(6-35-7-8)5-34-4-2-3-9(17,18)10(19,20)11(21,22)12(23,24)13(25,26)14(27,28)15(29,30)16(31,32)33/h2-7H2,1H3. The Morgan fingerprint density at radius 2 is 0.971 bits per heavy atom. The van der Waals surface area contributed by atoms with Gasteiger partial charge in [-0.15, -0.1) is 0 Å². The Hall–Kier alpha value is -1.27. The van der Waals surface area contributed by atoms with Gasteiger partial charge in [-0.3, -0.25) is 0 Å². The van der Waals surface area contributed by atoms with Crippen LogP contribution in [-0.4, -0.2) is 74.1 Å². The maximum atomic E-state index is 13.7. The van der Waals surface area contributed by atoms with Gasteiger partial charge in [0.25, 0.3) is 0 Å². The summed E-state index contributed by atoms with van der Waals surface area (Å²) >= 11 is 0. The van der Waals surface area contributed by atoms with Crippen LogP contribution in [0.4, 0.5) is 74.6 Å². The number of rotatable bonds is 12. The van der Waals surface area contributed by atoms with Crippen molar-refractivity contribution in [1.82, 2.24) is 0 Å². The lowest BCUT2D eigenvalue weighted by Gasteiger charge is -2.42. The highest BCUT2D eigenvalue weighted by atomic mass is 19.4. The average Bonchev–Trinajstić information content (AvgIpc) is 2.64. The highest BCUT2D eigenvalue weighted by Crippen LogP contribution is 2.64. The summed E-state index contributed by atoms with van der Waals surface area (Å²) in [6, 6.07) is 0. The molecule has 19 heteroatoms. The van der Waals surface area contributed by atoms with E-state index >= 15 is 0 Å². The Kier molecular flexibility index (Phi) is 8.11. The van der Waals surface area contributed by atoms with Crippen molar-refractivity contribution in [3.63, 3.8) is 0 Å². The van der Waals surface area contributed by atoms with Crippen molar-refractivity contribution in [1.29, 1.82) is 0 Å². The van der Waals surface area contributed by atoms with E-state index in [1.165, 1.54) is 0 Å². The molecule has 0 N–H and O–H groups in total. The molecule has 0 atom stereocenters. The minimum Gasteiger partial charge on any atom is -0.381 e. The molecule has 210 valence electrons. The summed E-state index contributed by atoms with van der Waals surface area (Å²) in [5.74, 6) is -56.1. The van der Waals surface area contributed by atoms with Crippen LogP contribution in [0.25, 0.3) is 0 Å². The third kappa shape index (κ3) is 4.86. The van der Waals surface area contributed by atoms with Crippen LogP contribution in [0, 0.1) is 5.41 Å². The zero-order valence-corrected chi connectivity index (χ0v) is 17.0. The van der Waals surface area contributed by atoms with Crippen molar-refractivity contribution < 1.29 is 84.1 Å². The molecule has 0 saturated carbocycles. The van der Waals surface area contributed by atoms with Gasteiger partial charge in [0.15, 0.2) is 0 Å². The number of halogens is 17. The Bertz CT molecular complexity index is 739. The first kappa shape index (κ1) is 31.8. The molecule has 0 amide bonds. The topological polar surface area (TPSA) is 18.5 Å². The van der Waals surface area contributed by atoms with Crippen molar-refractivity contribution in [2.75, 3.05) is 26.4 Å². The summed E-state index contributed by atoms with van der Waals surface area (Å²) in [5, 5.41) is 0. The molecule has 0 unspecified atom stereocenters. The summed E-state index contributed by atoms with van der Waals surface area (Å²) < 4.78 is 233. The number of alkyl halides is 17. The van der Waals surface area contributed by atoms with Gasteiger partial charge in [-0.1, -0.05) is 6.92 Å². The lowest BCUT2D eigenvalue weighted by Crippen LogP contribution is -2.74. The zero-order chi connectivity index (χ0) is 28.2. The molecular formula is C16H15F17O2. The predicted molar refractivity (Wildman–Crippen MR) is 79.7 cm³/mol.